The van der Waals surface area contributed by atoms with Crippen molar-refractivity contribution in [1.82, 2.24) is 0 Å². The highest BCUT2D eigenvalue weighted by Gasteiger charge is 2.59. The zero-order chi connectivity index (χ0) is 10.7. The molecule has 1 atom stereocenters. The van der Waals surface area contributed by atoms with Crippen molar-refractivity contribution in [3.05, 3.63) is 23.8 Å². The quantitative estimate of drug-likeness (QED) is 0.762. The van der Waals surface area contributed by atoms with Gasteiger partial charge in [-0.1, -0.05) is 19.9 Å². The van der Waals surface area contributed by atoms with Gasteiger partial charge in [0.1, 0.15) is 0 Å². The van der Waals surface area contributed by atoms with Crippen LogP contribution in [-0.2, 0) is 5.54 Å². The van der Waals surface area contributed by atoms with Gasteiger partial charge in [0.25, 0.3) is 0 Å². The first-order valence-corrected chi connectivity index (χ1v) is 5.22. The molecular weight excluding hydrogens is 190 g/mol. The van der Waals surface area contributed by atoms with E-state index < -0.39 is 0 Å². The summed E-state index contributed by atoms with van der Waals surface area (Å²) in [5, 5.41) is 0. The van der Waals surface area contributed by atoms with E-state index in [1.165, 1.54) is 0 Å². The van der Waals surface area contributed by atoms with Crippen LogP contribution in [0.15, 0.2) is 18.2 Å². The van der Waals surface area contributed by atoms with Crippen LogP contribution in [0.1, 0.15) is 25.8 Å². The molecule has 1 unspecified atom stereocenters. The molecule has 3 nitrogen and oxygen atoms in total. The second-order valence-corrected chi connectivity index (χ2v) is 5.10. The van der Waals surface area contributed by atoms with Crippen LogP contribution in [0.3, 0.4) is 0 Å². The summed E-state index contributed by atoms with van der Waals surface area (Å²) in [5.41, 5.74) is 7.50. The van der Waals surface area contributed by atoms with Crippen molar-refractivity contribution in [3.63, 3.8) is 0 Å². The summed E-state index contributed by atoms with van der Waals surface area (Å²) in [6.45, 7) is 4.70. The Morgan fingerprint density at radius 2 is 1.87 bits per heavy atom. The average Bonchev–Trinajstić information content (AvgIpc) is 2.61. The lowest BCUT2D eigenvalue weighted by Gasteiger charge is -2.15. The highest BCUT2D eigenvalue weighted by atomic mass is 16.7. The van der Waals surface area contributed by atoms with Crippen molar-refractivity contribution in [3.8, 4) is 11.5 Å². The Bertz CT molecular complexity index is 428. The third-order valence-corrected chi connectivity index (χ3v) is 3.69. The molecule has 15 heavy (non-hydrogen) atoms. The number of fused-ring (bicyclic) bond motifs is 1. The zero-order valence-corrected chi connectivity index (χ0v) is 9.04. The maximum absolute atomic E-state index is 6.34. The van der Waals surface area contributed by atoms with Gasteiger partial charge in [0, 0.05) is 5.54 Å². The van der Waals surface area contributed by atoms with Gasteiger partial charge >= 0.3 is 0 Å². The van der Waals surface area contributed by atoms with Crippen LogP contribution in [0.25, 0.3) is 0 Å². The molecule has 2 N–H and O–H groups in total. The molecule has 3 heteroatoms. The van der Waals surface area contributed by atoms with E-state index >= 15 is 0 Å². The lowest BCUT2D eigenvalue weighted by atomic mass is 9.97. The van der Waals surface area contributed by atoms with Gasteiger partial charge in [-0.05, 0) is 29.5 Å². The first-order chi connectivity index (χ1) is 7.03. The van der Waals surface area contributed by atoms with Gasteiger partial charge in [-0.2, -0.15) is 0 Å². The molecule has 1 aliphatic carbocycles. The van der Waals surface area contributed by atoms with Crippen molar-refractivity contribution in [2.24, 2.45) is 11.1 Å². The summed E-state index contributed by atoms with van der Waals surface area (Å²) in [5.74, 6) is 1.64. The largest absolute Gasteiger partial charge is 0.454 e. The SMILES string of the molecule is CC1(C)CC1(N)c1ccc2c(c1)OCO2. The van der Waals surface area contributed by atoms with Crippen LogP contribution < -0.4 is 15.2 Å². The Morgan fingerprint density at radius 1 is 1.20 bits per heavy atom. The van der Waals surface area contributed by atoms with Crippen molar-refractivity contribution >= 4 is 0 Å². The zero-order valence-electron chi connectivity index (χ0n) is 9.04. The van der Waals surface area contributed by atoms with Crippen LogP contribution in [0.2, 0.25) is 0 Å². The van der Waals surface area contributed by atoms with E-state index in [0.717, 1.165) is 23.5 Å². The fourth-order valence-corrected chi connectivity index (χ4v) is 2.32. The molecule has 1 fully saturated rings. The summed E-state index contributed by atoms with van der Waals surface area (Å²) in [7, 11) is 0. The molecule has 1 heterocycles. The van der Waals surface area contributed by atoms with E-state index in [2.05, 4.69) is 13.8 Å². The third-order valence-electron chi connectivity index (χ3n) is 3.69. The molecule has 1 aliphatic heterocycles. The lowest BCUT2D eigenvalue weighted by Crippen LogP contribution is -2.25. The summed E-state index contributed by atoms with van der Waals surface area (Å²) >= 11 is 0. The molecular formula is C12H15NO2. The monoisotopic (exact) mass is 205 g/mol. The number of ether oxygens (including phenoxy) is 2. The molecule has 0 radical (unpaired) electrons. The Morgan fingerprint density at radius 3 is 2.53 bits per heavy atom. The first kappa shape index (κ1) is 9.04. The minimum atomic E-state index is -0.187. The molecule has 0 aromatic heterocycles. The maximum Gasteiger partial charge on any atom is 0.231 e. The molecule has 80 valence electrons. The second-order valence-electron chi connectivity index (χ2n) is 5.10. The summed E-state index contributed by atoms with van der Waals surface area (Å²) in [6.07, 6.45) is 1.03. The Balaban J connectivity index is 2.01. The summed E-state index contributed by atoms with van der Waals surface area (Å²) in [4.78, 5) is 0. The normalized spacial score (nSPS) is 30.3. The molecule has 3 rings (SSSR count). The second kappa shape index (κ2) is 2.47. The highest BCUT2D eigenvalue weighted by Crippen LogP contribution is 2.61. The fourth-order valence-electron chi connectivity index (χ4n) is 2.32. The number of nitrogens with two attached hydrogens (primary N) is 1. The topological polar surface area (TPSA) is 44.5 Å². The fraction of sp³-hybridized carbons (Fsp3) is 0.500. The first-order valence-electron chi connectivity index (χ1n) is 5.22. The molecule has 1 aromatic carbocycles. The highest BCUT2D eigenvalue weighted by molar-refractivity contribution is 5.48. The van der Waals surface area contributed by atoms with Crippen LogP contribution in [-0.4, -0.2) is 6.79 Å². The van der Waals surface area contributed by atoms with E-state index in [9.17, 15) is 0 Å². The van der Waals surface area contributed by atoms with Gasteiger partial charge in [0.15, 0.2) is 11.5 Å². The van der Waals surface area contributed by atoms with Gasteiger partial charge in [0.05, 0.1) is 0 Å². The number of rotatable bonds is 1. The van der Waals surface area contributed by atoms with Gasteiger partial charge in [-0.15, -0.1) is 0 Å². The summed E-state index contributed by atoms with van der Waals surface area (Å²) < 4.78 is 10.6. The molecule has 2 aliphatic rings. The molecule has 0 spiro atoms. The van der Waals surface area contributed by atoms with Gasteiger partial charge in [-0.25, -0.2) is 0 Å². The van der Waals surface area contributed by atoms with E-state index in [0.29, 0.717) is 6.79 Å². The molecule has 0 saturated heterocycles. The molecule has 0 bridgehead atoms. The maximum atomic E-state index is 6.34. The molecule has 1 aromatic rings. The number of hydrogen-bond donors (Lipinski definition) is 1. The minimum absolute atomic E-state index is 0.187. The van der Waals surface area contributed by atoms with Crippen molar-refractivity contribution in [2.45, 2.75) is 25.8 Å². The van der Waals surface area contributed by atoms with E-state index in [1.807, 2.05) is 18.2 Å². The van der Waals surface area contributed by atoms with E-state index in [1.54, 1.807) is 0 Å². The van der Waals surface area contributed by atoms with Crippen LogP contribution in [0.5, 0.6) is 11.5 Å². The summed E-state index contributed by atoms with van der Waals surface area (Å²) in [6, 6.07) is 6.00. The van der Waals surface area contributed by atoms with Gasteiger partial charge in [-0.3, -0.25) is 0 Å². The molecule has 0 amide bonds. The van der Waals surface area contributed by atoms with Crippen LogP contribution in [0, 0.1) is 5.41 Å². The Labute approximate surface area is 89.2 Å². The van der Waals surface area contributed by atoms with E-state index in [4.69, 9.17) is 15.2 Å². The molecule has 1 saturated carbocycles. The predicted octanol–water partition coefficient (Wildman–Crippen LogP) is 2.00. The lowest BCUT2D eigenvalue weighted by molar-refractivity contribution is 0.174. The van der Waals surface area contributed by atoms with E-state index in [-0.39, 0.29) is 11.0 Å². The average molecular weight is 205 g/mol. The van der Waals surface area contributed by atoms with Crippen molar-refractivity contribution in [2.75, 3.05) is 6.79 Å². The van der Waals surface area contributed by atoms with Gasteiger partial charge in [0.2, 0.25) is 6.79 Å². The Hall–Kier alpha value is -1.22. The van der Waals surface area contributed by atoms with Gasteiger partial charge < -0.3 is 15.2 Å². The Kier molecular flexibility index (Phi) is 1.49. The third kappa shape index (κ3) is 1.10. The number of hydrogen-bond acceptors (Lipinski definition) is 3. The smallest absolute Gasteiger partial charge is 0.231 e. The standard InChI is InChI=1S/C12H15NO2/c1-11(2)6-12(11,13)8-3-4-9-10(5-8)15-7-14-9/h3-5H,6-7,13H2,1-2H3. The van der Waals surface area contributed by atoms with Crippen molar-refractivity contribution < 1.29 is 9.47 Å². The van der Waals surface area contributed by atoms with Crippen LogP contribution >= 0.6 is 0 Å². The van der Waals surface area contributed by atoms with Crippen LogP contribution in [0.4, 0.5) is 0 Å². The minimum Gasteiger partial charge on any atom is -0.454 e. The predicted molar refractivity (Wildman–Crippen MR) is 56.8 cm³/mol. The van der Waals surface area contributed by atoms with Crippen molar-refractivity contribution in [1.29, 1.82) is 0 Å². The number of benzene rings is 1.